The molecule has 4 aliphatic carbocycles. The Balaban J connectivity index is 0.000000151. The second kappa shape index (κ2) is 40.9. The highest BCUT2D eigenvalue weighted by Gasteiger charge is 2.50. The summed E-state index contributed by atoms with van der Waals surface area (Å²) in [4.78, 5) is 141. The molecule has 13 heterocycles. The van der Waals surface area contributed by atoms with Crippen LogP contribution in [0.25, 0.3) is 0 Å². The largest absolute Gasteiger partial charge is 0.383 e. The number of carbonyl (C=O) groups is 4. The number of nitrogens with one attached hydrogen (secondary N) is 7. The first-order valence-electron chi connectivity index (χ1n) is 41.0. The van der Waals surface area contributed by atoms with E-state index in [0.717, 1.165) is 99.0 Å². The van der Waals surface area contributed by atoms with E-state index < -0.39 is 46.9 Å². The molecule has 40 heteroatoms. The number of carbonyl (C=O) groups excluding carboxylic acids is 4. The zero-order chi connectivity index (χ0) is 92.1. The molecule has 9 aromatic rings. The van der Waals surface area contributed by atoms with Crippen molar-refractivity contribution in [2.24, 2.45) is 0 Å². The average molecular weight is 2020 g/mol. The lowest BCUT2D eigenvalue weighted by Gasteiger charge is -2.35. The number of amides is 4. The van der Waals surface area contributed by atoms with Gasteiger partial charge in [0.05, 0.1) is 50.4 Å². The summed E-state index contributed by atoms with van der Waals surface area (Å²) in [6.07, 6.45) is 48.8. The van der Waals surface area contributed by atoms with Crippen LogP contribution in [0.15, 0.2) is 111 Å². The van der Waals surface area contributed by atoms with Crippen molar-refractivity contribution >= 4 is 179 Å². The Morgan fingerprint density at radius 3 is 0.945 bits per heavy atom. The highest BCUT2D eigenvalue weighted by Crippen LogP contribution is 2.44. The van der Waals surface area contributed by atoms with Gasteiger partial charge in [-0.25, -0.2) is 49.8 Å². The normalized spacial score (nSPS) is 16.3. The number of hydrogen-bond donors (Lipinski definition) is 9. The topological polar surface area (TPSA) is 421 Å². The third-order valence-corrected chi connectivity index (χ3v) is 26.6. The fourth-order valence-corrected chi connectivity index (χ4v) is 18.5. The second-order valence-corrected chi connectivity index (χ2v) is 52.1. The van der Waals surface area contributed by atoms with Crippen LogP contribution in [0.1, 0.15) is 193 Å². The predicted molar refractivity (Wildman–Crippen MR) is 515 cm³/mol. The molecule has 4 saturated carbocycles. The number of nitrogen functional groups attached to an aromatic ring is 2. The Kier molecular flexibility index (Phi) is 31.1. The van der Waals surface area contributed by atoms with Gasteiger partial charge in [0.15, 0.2) is 0 Å². The number of terminal acetylenes is 3. The molecule has 11 N–H and O–H groups in total. The van der Waals surface area contributed by atoms with Crippen molar-refractivity contribution in [2.45, 2.75) is 210 Å². The molecule has 127 heavy (non-hydrogen) atoms. The van der Waals surface area contributed by atoms with Gasteiger partial charge in [0, 0.05) is 31.0 Å². The lowest BCUT2D eigenvalue weighted by molar-refractivity contribution is 0.0867. The highest BCUT2D eigenvalue weighted by atomic mass is 127. The smallest absolute Gasteiger partial charge is 0.276 e. The van der Waals surface area contributed by atoms with Gasteiger partial charge in [-0.3, -0.25) is 56.6 Å². The minimum absolute atomic E-state index is 0.186. The zero-order valence-electron chi connectivity index (χ0n) is 71.4. The molecule has 0 radical (unpaired) electrons. The monoisotopic (exact) mass is 2020 g/mol. The van der Waals surface area contributed by atoms with Crippen molar-refractivity contribution in [1.82, 2.24) is 89.4 Å². The van der Waals surface area contributed by atoms with Crippen LogP contribution in [0.2, 0.25) is 79.0 Å². The first-order chi connectivity index (χ1) is 60.2. The predicted octanol–water partition coefficient (Wildman–Crippen LogP) is 14.5. The maximum absolute atomic E-state index is 13.4. The Morgan fingerprint density at radius 1 is 0.394 bits per heavy atom. The van der Waals surface area contributed by atoms with E-state index in [1.165, 1.54) is 77.4 Å². The number of aromatic nitrogens is 14. The molecular formula is C87H95BrCl4IN23O8Si3. The molecule has 0 unspecified atom stereocenters. The summed E-state index contributed by atoms with van der Waals surface area (Å²) in [5.41, 5.74) is 20.3. The molecule has 8 aliphatic rings. The van der Waals surface area contributed by atoms with Crippen LogP contribution < -0.4 is 70.9 Å². The van der Waals surface area contributed by atoms with Crippen LogP contribution in [0.4, 0.5) is 46.2 Å². The Hall–Kier alpha value is -11.1. The lowest BCUT2D eigenvalue weighted by Crippen LogP contribution is -2.48. The van der Waals surface area contributed by atoms with Crippen LogP contribution in [0.5, 0.6) is 0 Å². The van der Waals surface area contributed by atoms with Crippen molar-refractivity contribution in [3.63, 3.8) is 0 Å². The number of fused-ring (bicyclic) bond motifs is 8. The van der Waals surface area contributed by atoms with Crippen molar-refractivity contribution < 1.29 is 19.2 Å². The molecule has 0 aromatic carbocycles. The molecular weight excluding hydrogens is 1930 g/mol. The number of halogens is 6. The summed E-state index contributed by atoms with van der Waals surface area (Å²) in [6, 6.07) is 5.88. The van der Waals surface area contributed by atoms with E-state index >= 15 is 0 Å². The SMILES string of the molecule is C#C[Si](C)(C)C.C#Cc1cncnc1Nc1cc(Cl)c2n(c1=O)C1(CCCCC1)NC2=O.C#Cc1cncnc1Nc1cc(Cl)c2n(c1=O)C1(CCCCC1)NC2=O.C[Si](C)(C)C#Cc1cncnc1N.C[Si](C)(C)C#Cc1cncnc1Nc1cc(Cl)c2n(c1=O)C1(CCCCC1)NC2=O.Nc1ncncc1I.O=C1NC2(CCCCC2)n2c1c(Cl)cc(Br)c2=O. The number of nitrogens with zero attached hydrogens (tertiary/aromatic N) is 14. The van der Waals surface area contributed by atoms with Crippen LogP contribution in [-0.2, 0) is 22.7 Å². The van der Waals surface area contributed by atoms with E-state index in [1.54, 1.807) is 27.7 Å². The highest BCUT2D eigenvalue weighted by molar-refractivity contribution is 14.1. The van der Waals surface area contributed by atoms with Gasteiger partial charge < -0.3 is 48.7 Å². The van der Waals surface area contributed by atoms with Gasteiger partial charge in [0.2, 0.25) is 0 Å². The summed E-state index contributed by atoms with van der Waals surface area (Å²) < 4.78 is 7.42. The number of pyridine rings is 4. The standard InChI is InChI=1S/C21H24ClN5O2Si.2C18H16ClN5O2.C12H12BrClN2O2.C9H13N3Si.C5H10Si.C4H4IN3/c1-30(2,3)10-7-14-12-23-13-24-18(14)25-16-11-15(22)17-19(28)26-21(27(17)20(16)29)8-5-4-6-9-21;2*1-2-11-9-20-10-21-15(11)22-13-8-12(19)14-16(25)23-18(24(14)17(13)26)6-4-3-5-7-18;13-7-6-8(14)9-10(17)15-12(16(9)11(7)18)4-2-1-3-5-12;1-13(2,3)5-4-8-6-11-7-12-9(8)10;1-5-6(2,3)4;5-3-1-7-2-8-4(3)6/h11-13H,4-6,8-9H2,1-3H3,(H,26,28)(H,23,24,25);2*1,8-10H,3-7H2,(H,23,25)(H,20,21,22);6H,1-5H2,(H,15,17);6-7H,1-3H3,(H2,10,11,12);1H,2-4H3;1-2H,(H2,6,7,8). The molecule has 4 aliphatic heterocycles. The Bertz CT molecular complexity index is 6120. The fraction of sp³-hybridized carbons (Fsp3) is 0.379. The summed E-state index contributed by atoms with van der Waals surface area (Å²) in [6.45, 7) is 19.4. The molecule has 4 spiro atoms. The number of nitrogens with two attached hydrogens (primary N) is 2. The molecule has 0 atom stereocenters. The molecule has 31 nitrogen and oxygen atoms in total. The summed E-state index contributed by atoms with van der Waals surface area (Å²) in [5.74, 6) is 12.1. The molecule has 9 aromatic heterocycles. The third kappa shape index (κ3) is 22.5. The number of rotatable bonds is 6. The van der Waals surface area contributed by atoms with Crippen molar-refractivity contribution in [1.29, 1.82) is 0 Å². The Morgan fingerprint density at radius 2 is 0.661 bits per heavy atom. The van der Waals surface area contributed by atoms with Crippen molar-refractivity contribution in [3.05, 3.63) is 201 Å². The van der Waals surface area contributed by atoms with Crippen molar-refractivity contribution in [2.75, 3.05) is 27.4 Å². The average Bonchev–Trinajstić information content (AvgIpc) is 1.53. The van der Waals surface area contributed by atoms with E-state index in [9.17, 15) is 38.4 Å². The molecule has 17 rings (SSSR count). The lowest BCUT2D eigenvalue weighted by atomic mass is 9.89. The zero-order valence-corrected chi connectivity index (χ0v) is 81.2. The van der Waals surface area contributed by atoms with Crippen LogP contribution in [0, 0.1) is 63.2 Å². The van der Waals surface area contributed by atoms with E-state index in [-0.39, 0.29) is 95.1 Å². The molecule has 660 valence electrons. The van der Waals surface area contributed by atoms with Gasteiger partial charge in [-0.1, -0.05) is 155 Å². The minimum Gasteiger partial charge on any atom is -0.383 e. The molecule has 0 bridgehead atoms. The fourth-order valence-electron chi connectivity index (χ4n) is 15.5. The van der Waals surface area contributed by atoms with Crippen LogP contribution in [-0.4, -0.2) is 116 Å². The van der Waals surface area contributed by atoms with Gasteiger partial charge in [-0.15, -0.1) is 35.9 Å². The number of hydrogen-bond acceptors (Lipinski definition) is 23. The van der Waals surface area contributed by atoms with Gasteiger partial charge in [-0.2, -0.15) is 0 Å². The van der Waals surface area contributed by atoms with Gasteiger partial charge in [0.25, 0.3) is 45.9 Å². The summed E-state index contributed by atoms with van der Waals surface area (Å²) in [7, 11) is -4.04. The van der Waals surface area contributed by atoms with E-state index in [4.69, 9.17) is 77.1 Å². The van der Waals surface area contributed by atoms with Crippen LogP contribution >= 0.6 is 84.9 Å². The minimum atomic E-state index is -1.60. The maximum Gasteiger partial charge on any atom is 0.276 e. The molecule has 0 saturated heterocycles. The Labute approximate surface area is 779 Å². The van der Waals surface area contributed by atoms with Crippen LogP contribution in [0.3, 0.4) is 0 Å². The van der Waals surface area contributed by atoms with E-state index in [1.807, 2.05) is 0 Å². The third-order valence-electron chi connectivity index (χ3n) is 21.5. The molecule has 4 fully saturated rings. The van der Waals surface area contributed by atoms with E-state index in [2.05, 4.69) is 225 Å². The first-order valence-corrected chi connectivity index (χ1v) is 54.8. The first kappa shape index (κ1) is 96.5. The summed E-state index contributed by atoms with van der Waals surface area (Å²) >= 11 is 30.5. The quantitative estimate of drug-likeness (QED) is 0.0424. The number of anilines is 8. The molecule has 4 amide bonds. The van der Waals surface area contributed by atoms with Gasteiger partial charge >= 0.3 is 0 Å². The van der Waals surface area contributed by atoms with Gasteiger partial charge in [0.1, 0.15) is 147 Å². The summed E-state index contributed by atoms with van der Waals surface area (Å²) in [5, 5.41) is 21.9. The second-order valence-electron chi connectivity index (χ2n) is 34.2. The maximum atomic E-state index is 13.4. The van der Waals surface area contributed by atoms with E-state index in [0.29, 0.717) is 99.5 Å². The van der Waals surface area contributed by atoms with Gasteiger partial charge in [-0.05, 0) is 166 Å². The van der Waals surface area contributed by atoms with Crippen molar-refractivity contribution in [3.8, 4) is 59.6 Å².